The standard InChI is InChI=1S/C14H23NO/c1-5-11-6-8-12(9-7-11)14(16)13(15-4)10(2)3/h6-10,13-16H,5H2,1-4H3. The van der Waals surface area contributed by atoms with Gasteiger partial charge >= 0.3 is 0 Å². The van der Waals surface area contributed by atoms with Crippen molar-refractivity contribution in [3.05, 3.63) is 35.4 Å². The number of likely N-dealkylation sites (N-methyl/N-ethyl adjacent to an activating group) is 1. The molecule has 0 heterocycles. The van der Waals surface area contributed by atoms with E-state index in [2.05, 4.69) is 38.2 Å². The van der Waals surface area contributed by atoms with Gasteiger partial charge in [0.05, 0.1) is 6.10 Å². The highest BCUT2D eigenvalue weighted by atomic mass is 16.3. The molecule has 0 saturated carbocycles. The van der Waals surface area contributed by atoms with Gasteiger partial charge in [0.25, 0.3) is 0 Å². The molecule has 0 fully saturated rings. The predicted octanol–water partition coefficient (Wildman–Crippen LogP) is 2.53. The molecule has 1 aromatic rings. The van der Waals surface area contributed by atoms with Gasteiger partial charge in [-0.1, -0.05) is 45.0 Å². The van der Waals surface area contributed by atoms with Gasteiger partial charge in [0.1, 0.15) is 0 Å². The van der Waals surface area contributed by atoms with Crippen molar-refractivity contribution < 1.29 is 5.11 Å². The van der Waals surface area contributed by atoms with E-state index in [9.17, 15) is 5.11 Å². The van der Waals surface area contributed by atoms with Crippen LogP contribution in [-0.2, 0) is 6.42 Å². The van der Waals surface area contributed by atoms with Gasteiger partial charge in [-0.05, 0) is 30.5 Å². The second-order valence-electron chi connectivity index (χ2n) is 4.60. The molecular formula is C14H23NO. The van der Waals surface area contributed by atoms with Gasteiger partial charge < -0.3 is 10.4 Å². The van der Waals surface area contributed by atoms with Crippen LogP contribution in [0.5, 0.6) is 0 Å². The number of aryl methyl sites for hydroxylation is 1. The number of rotatable bonds is 5. The minimum absolute atomic E-state index is 0.104. The molecule has 1 aromatic carbocycles. The van der Waals surface area contributed by atoms with Crippen molar-refractivity contribution in [3.63, 3.8) is 0 Å². The number of aliphatic hydroxyl groups excluding tert-OH is 1. The Kier molecular flexibility index (Phi) is 4.97. The lowest BCUT2D eigenvalue weighted by molar-refractivity contribution is 0.110. The zero-order chi connectivity index (χ0) is 12.1. The zero-order valence-corrected chi connectivity index (χ0v) is 10.7. The first-order valence-electron chi connectivity index (χ1n) is 6.04. The molecule has 2 heteroatoms. The Morgan fingerprint density at radius 3 is 2.12 bits per heavy atom. The van der Waals surface area contributed by atoms with Crippen LogP contribution >= 0.6 is 0 Å². The Hall–Kier alpha value is -0.860. The van der Waals surface area contributed by atoms with Gasteiger partial charge in [0.15, 0.2) is 0 Å². The second kappa shape index (κ2) is 6.02. The topological polar surface area (TPSA) is 32.3 Å². The van der Waals surface area contributed by atoms with E-state index >= 15 is 0 Å². The summed E-state index contributed by atoms with van der Waals surface area (Å²) in [6.07, 6.45) is 0.603. The van der Waals surface area contributed by atoms with E-state index in [-0.39, 0.29) is 6.04 Å². The summed E-state index contributed by atoms with van der Waals surface area (Å²) in [6.45, 7) is 6.37. The maximum Gasteiger partial charge on any atom is 0.0945 e. The van der Waals surface area contributed by atoms with Gasteiger partial charge in [0, 0.05) is 6.04 Å². The average molecular weight is 221 g/mol. The van der Waals surface area contributed by atoms with Gasteiger partial charge in [-0.2, -0.15) is 0 Å². The molecule has 0 amide bonds. The first-order chi connectivity index (χ1) is 7.60. The molecule has 0 aliphatic carbocycles. The summed E-state index contributed by atoms with van der Waals surface area (Å²) in [5, 5.41) is 13.4. The molecule has 90 valence electrons. The fourth-order valence-corrected chi connectivity index (χ4v) is 2.01. The molecule has 2 N–H and O–H groups in total. The van der Waals surface area contributed by atoms with E-state index in [1.54, 1.807) is 0 Å². The SMILES string of the molecule is CCc1ccc(C(O)C(NC)C(C)C)cc1. The summed E-state index contributed by atoms with van der Waals surface area (Å²) in [6, 6.07) is 8.33. The van der Waals surface area contributed by atoms with Crippen molar-refractivity contribution >= 4 is 0 Å². The van der Waals surface area contributed by atoms with E-state index in [0.29, 0.717) is 5.92 Å². The van der Waals surface area contributed by atoms with Crippen LogP contribution in [0.25, 0.3) is 0 Å². The van der Waals surface area contributed by atoms with Crippen molar-refractivity contribution in [2.75, 3.05) is 7.05 Å². The van der Waals surface area contributed by atoms with Gasteiger partial charge in [0.2, 0.25) is 0 Å². The Bertz CT molecular complexity index is 305. The molecule has 0 aliphatic rings. The average Bonchev–Trinajstić information content (AvgIpc) is 2.29. The molecule has 0 aromatic heterocycles. The molecule has 16 heavy (non-hydrogen) atoms. The van der Waals surface area contributed by atoms with Crippen molar-refractivity contribution in [2.45, 2.75) is 39.3 Å². The van der Waals surface area contributed by atoms with E-state index in [4.69, 9.17) is 0 Å². The van der Waals surface area contributed by atoms with Crippen molar-refractivity contribution in [1.82, 2.24) is 5.32 Å². The second-order valence-corrected chi connectivity index (χ2v) is 4.60. The molecule has 2 atom stereocenters. The largest absolute Gasteiger partial charge is 0.387 e. The highest BCUT2D eigenvalue weighted by Gasteiger charge is 2.21. The van der Waals surface area contributed by atoms with Gasteiger partial charge in [-0.25, -0.2) is 0 Å². The lowest BCUT2D eigenvalue weighted by Gasteiger charge is -2.26. The molecule has 0 saturated heterocycles. The van der Waals surface area contributed by atoms with E-state index in [1.807, 2.05) is 19.2 Å². The molecular weight excluding hydrogens is 198 g/mol. The summed E-state index contributed by atoms with van der Waals surface area (Å²) >= 11 is 0. The molecule has 0 bridgehead atoms. The van der Waals surface area contributed by atoms with Crippen LogP contribution in [0.15, 0.2) is 24.3 Å². The van der Waals surface area contributed by atoms with Gasteiger partial charge in [-0.15, -0.1) is 0 Å². The smallest absolute Gasteiger partial charge is 0.0945 e. The Labute approximate surface area is 98.7 Å². The Morgan fingerprint density at radius 2 is 1.75 bits per heavy atom. The summed E-state index contributed by atoms with van der Waals surface area (Å²) in [5.41, 5.74) is 2.30. The van der Waals surface area contributed by atoms with Crippen LogP contribution in [0.3, 0.4) is 0 Å². The predicted molar refractivity (Wildman–Crippen MR) is 68.5 cm³/mol. The maximum absolute atomic E-state index is 10.3. The minimum atomic E-state index is -0.434. The third-order valence-corrected chi connectivity index (χ3v) is 3.12. The molecule has 0 radical (unpaired) electrons. The summed E-state index contributed by atoms with van der Waals surface area (Å²) in [4.78, 5) is 0. The Morgan fingerprint density at radius 1 is 1.19 bits per heavy atom. The fraction of sp³-hybridized carbons (Fsp3) is 0.571. The molecule has 2 unspecified atom stereocenters. The maximum atomic E-state index is 10.3. The third-order valence-electron chi connectivity index (χ3n) is 3.12. The molecule has 2 nitrogen and oxygen atoms in total. The van der Waals surface area contributed by atoms with Crippen LogP contribution in [0, 0.1) is 5.92 Å². The number of hydrogen-bond donors (Lipinski definition) is 2. The van der Waals surface area contributed by atoms with Crippen LogP contribution in [0.2, 0.25) is 0 Å². The lowest BCUT2D eigenvalue weighted by Crippen LogP contribution is -2.36. The van der Waals surface area contributed by atoms with Crippen LogP contribution < -0.4 is 5.32 Å². The van der Waals surface area contributed by atoms with Crippen molar-refractivity contribution in [1.29, 1.82) is 0 Å². The van der Waals surface area contributed by atoms with Crippen LogP contribution in [-0.4, -0.2) is 18.2 Å². The highest BCUT2D eigenvalue weighted by Crippen LogP contribution is 2.22. The number of aliphatic hydroxyl groups is 1. The van der Waals surface area contributed by atoms with Crippen molar-refractivity contribution in [3.8, 4) is 0 Å². The van der Waals surface area contributed by atoms with Crippen LogP contribution in [0.1, 0.15) is 38.0 Å². The molecule has 0 aliphatic heterocycles. The van der Waals surface area contributed by atoms with E-state index < -0.39 is 6.10 Å². The number of nitrogens with one attached hydrogen (secondary N) is 1. The van der Waals surface area contributed by atoms with Crippen LogP contribution in [0.4, 0.5) is 0 Å². The minimum Gasteiger partial charge on any atom is -0.387 e. The lowest BCUT2D eigenvalue weighted by atomic mass is 9.93. The first kappa shape index (κ1) is 13.2. The summed E-state index contributed by atoms with van der Waals surface area (Å²) < 4.78 is 0. The van der Waals surface area contributed by atoms with Gasteiger partial charge in [-0.3, -0.25) is 0 Å². The Balaban J connectivity index is 2.82. The number of benzene rings is 1. The third kappa shape index (κ3) is 3.06. The first-order valence-corrected chi connectivity index (χ1v) is 6.04. The summed E-state index contributed by atoms with van der Waals surface area (Å²) in [7, 11) is 1.90. The summed E-state index contributed by atoms with van der Waals surface area (Å²) in [5.74, 6) is 0.408. The number of hydrogen-bond acceptors (Lipinski definition) is 2. The van der Waals surface area contributed by atoms with E-state index in [0.717, 1.165) is 12.0 Å². The van der Waals surface area contributed by atoms with Crippen molar-refractivity contribution in [2.24, 2.45) is 5.92 Å². The van der Waals surface area contributed by atoms with E-state index in [1.165, 1.54) is 5.56 Å². The normalized spacial score (nSPS) is 15.1. The quantitative estimate of drug-likeness (QED) is 0.801. The monoisotopic (exact) mass is 221 g/mol. The molecule has 0 spiro atoms. The zero-order valence-electron chi connectivity index (χ0n) is 10.7. The highest BCUT2D eigenvalue weighted by molar-refractivity contribution is 5.25. The molecule has 1 rings (SSSR count). The fourth-order valence-electron chi connectivity index (χ4n) is 2.01.